The maximum absolute atomic E-state index is 15.4. The SMILES string of the molecule is C[C@H]1OC(=O)[C@]2(C(O)c3cocn3)CC(F)(F)[C@@H](C)[C@H](/C=C/c3ccc(-c4ccccc4C#N)cn3)[C@H]12. The zero-order valence-electron chi connectivity index (χ0n) is 20.2. The third-order valence-corrected chi connectivity index (χ3v) is 7.81. The minimum atomic E-state index is -3.25. The van der Waals surface area contributed by atoms with Gasteiger partial charge < -0.3 is 14.3 Å². The maximum Gasteiger partial charge on any atom is 0.316 e. The van der Waals surface area contributed by atoms with Crippen LogP contribution >= 0.6 is 0 Å². The number of allylic oxidation sites excluding steroid dienone is 1. The number of hydrogen-bond acceptors (Lipinski definition) is 7. The molecule has 37 heavy (non-hydrogen) atoms. The van der Waals surface area contributed by atoms with Gasteiger partial charge in [0.05, 0.1) is 17.3 Å². The van der Waals surface area contributed by atoms with Crippen LogP contribution in [0.15, 0.2) is 65.7 Å². The van der Waals surface area contributed by atoms with Crippen molar-refractivity contribution < 1.29 is 27.8 Å². The quantitative estimate of drug-likeness (QED) is 0.475. The second-order valence-electron chi connectivity index (χ2n) is 9.78. The zero-order valence-corrected chi connectivity index (χ0v) is 20.2. The fraction of sp³-hybridized carbons (Fsp3) is 0.357. The van der Waals surface area contributed by atoms with Gasteiger partial charge >= 0.3 is 5.97 Å². The molecule has 1 N–H and O–H groups in total. The first-order chi connectivity index (χ1) is 17.7. The fourth-order valence-electron chi connectivity index (χ4n) is 5.90. The molecule has 9 heteroatoms. The lowest BCUT2D eigenvalue weighted by atomic mass is 9.54. The van der Waals surface area contributed by atoms with Gasteiger partial charge in [0.1, 0.15) is 29.6 Å². The Hall–Kier alpha value is -3.90. The van der Waals surface area contributed by atoms with Gasteiger partial charge in [-0.25, -0.2) is 13.8 Å². The average molecular weight is 506 g/mol. The van der Waals surface area contributed by atoms with Crippen molar-refractivity contribution in [1.82, 2.24) is 9.97 Å². The minimum absolute atomic E-state index is 0.0130. The number of esters is 1. The fourth-order valence-corrected chi connectivity index (χ4v) is 5.90. The number of fused-ring (bicyclic) bond motifs is 1. The van der Waals surface area contributed by atoms with E-state index in [0.29, 0.717) is 11.3 Å². The first-order valence-electron chi connectivity index (χ1n) is 12.0. The number of ether oxygens (including phenoxy) is 1. The molecule has 0 radical (unpaired) electrons. The molecular formula is C28H25F2N3O4. The van der Waals surface area contributed by atoms with Crippen LogP contribution in [-0.2, 0) is 9.53 Å². The minimum Gasteiger partial charge on any atom is -0.462 e. The molecule has 0 amide bonds. The molecule has 1 aromatic carbocycles. The molecule has 2 aromatic heterocycles. The van der Waals surface area contributed by atoms with Gasteiger partial charge in [-0.05, 0) is 31.1 Å². The Labute approximate surface area is 212 Å². The summed E-state index contributed by atoms with van der Waals surface area (Å²) in [4.78, 5) is 21.4. The highest BCUT2D eigenvalue weighted by atomic mass is 19.3. The van der Waals surface area contributed by atoms with E-state index in [1.54, 1.807) is 43.5 Å². The van der Waals surface area contributed by atoms with Crippen molar-refractivity contribution in [3.05, 3.63) is 78.3 Å². The van der Waals surface area contributed by atoms with Crippen LogP contribution in [-0.4, -0.2) is 33.1 Å². The van der Waals surface area contributed by atoms with E-state index in [2.05, 4.69) is 16.0 Å². The summed E-state index contributed by atoms with van der Waals surface area (Å²) in [5.41, 5.74) is 0.687. The van der Waals surface area contributed by atoms with Crippen LogP contribution in [0.5, 0.6) is 0 Å². The Morgan fingerprint density at radius 3 is 2.68 bits per heavy atom. The van der Waals surface area contributed by atoms with E-state index in [1.807, 2.05) is 18.2 Å². The molecule has 2 fully saturated rings. The molecular weight excluding hydrogens is 480 g/mol. The largest absolute Gasteiger partial charge is 0.462 e. The number of benzene rings is 1. The normalized spacial score (nSPS) is 29.5. The second-order valence-corrected chi connectivity index (χ2v) is 9.78. The monoisotopic (exact) mass is 505 g/mol. The molecule has 190 valence electrons. The van der Waals surface area contributed by atoms with Crippen LogP contribution in [0.4, 0.5) is 8.78 Å². The van der Waals surface area contributed by atoms with Gasteiger partial charge in [0, 0.05) is 35.6 Å². The number of aliphatic hydroxyl groups excluding tert-OH is 1. The van der Waals surface area contributed by atoms with Crippen molar-refractivity contribution in [2.45, 2.75) is 38.4 Å². The lowest BCUT2D eigenvalue weighted by Gasteiger charge is -2.49. The molecule has 1 aliphatic heterocycles. The molecule has 2 aliphatic rings. The molecule has 0 spiro atoms. The maximum atomic E-state index is 15.4. The van der Waals surface area contributed by atoms with Crippen LogP contribution in [0.3, 0.4) is 0 Å². The van der Waals surface area contributed by atoms with Crippen LogP contribution in [0.25, 0.3) is 17.2 Å². The van der Waals surface area contributed by atoms with E-state index >= 15 is 8.78 Å². The third kappa shape index (κ3) is 4.02. The van der Waals surface area contributed by atoms with Crippen molar-refractivity contribution in [3.63, 3.8) is 0 Å². The first kappa shape index (κ1) is 24.8. The molecule has 1 saturated carbocycles. The molecule has 7 nitrogen and oxygen atoms in total. The van der Waals surface area contributed by atoms with Crippen molar-refractivity contribution in [1.29, 1.82) is 5.26 Å². The number of rotatable bonds is 5. The third-order valence-electron chi connectivity index (χ3n) is 7.81. The summed E-state index contributed by atoms with van der Waals surface area (Å²) < 4.78 is 41.3. The molecule has 0 bridgehead atoms. The van der Waals surface area contributed by atoms with E-state index < -0.39 is 53.7 Å². The number of alkyl halides is 2. The van der Waals surface area contributed by atoms with Gasteiger partial charge in [0.25, 0.3) is 5.92 Å². The number of halogens is 2. The topological polar surface area (TPSA) is 109 Å². The van der Waals surface area contributed by atoms with E-state index in [9.17, 15) is 15.2 Å². The summed E-state index contributed by atoms with van der Waals surface area (Å²) >= 11 is 0. The first-order valence-corrected chi connectivity index (χ1v) is 12.0. The highest BCUT2D eigenvalue weighted by molar-refractivity contribution is 5.81. The lowest BCUT2D eigenvalue weighted by molar-refractivity contribution is -0.192. The van der Waals surface area contributed by atoms with Gasteiger partial charge in [0.15, 0.2) is 6.39 Å². The average Bonchev–Trinajstić information content (AvgIpc) is 3.51. The Balaban J connectivity index is 1.50. The molecule has 6 atom stereocenters. The summed E-state index contributed by atoms with van der Waals surface area (Å²) in [6.07, 6.45) is 3.99. The predicted octanol–water partition coefficient (Wildman–Crippen LogP) is 5.19. The van der Waals surface area contributed by atoms with Crippen LogP contribution in [0.1, 0.15) is 43.3 Å². The van der Waals surface area contributed by atoms with E-state index in [1.165, 1.54) is 6.92 Å². The number of pyridine rings is 1. The number of aliphatic hydroxyl groups is 1. The number of cyclic esters (lactones) is 1. The summed E-state index contributed by atoms with van der Waals surface area (Å²) in [5, 5.41) is 20.5. The number of carbonyl (C=O) groups is 1. The highest BCUT2D eigenvalue weighted by Gasteiger charge is 2.71. The zero-order chi connectivity index (χ0) is 26.4. The van der Waals surface area contributed by atoms with Gasteiger partial charge in [-0.2, -0.15) is 5.26 Å². The van der Waals surface area contributed by atoms with Gasteiger partial charge in [0.2, 0.25) is 0 Å². The van der Waals surface area contributed by atoms with E-state index in [4.69, 9.17) is 9.15 Å². The van der Waals surface area contributed by atoms with Crippen molar-refractivity contribution >= 4 is 12.0 Å². The van der Waals surface area contributed by atoms with E-state index in [-0.39, 0.29) is 5.69 Å². The number of hydrogen-bond donors (Lipinski definition) is 1. The number of oxazole rings is 1. The van der Waals surface area contributed by atoms with Gasteiger partial charge in [-0.3, -0.25) is 9.78 Å². The van der Waals surface area contributed by atoms with Crippen LogP contribution in [0.2, 0.25) is 0 Å². The Morgan fingerprint density at radius 1 is 1.22 bits per heavy atom. The number of aromatic nitrogens is 2. The molecule has 1 saturated heterocycles. The predicted molar refractivity (Wildman–Crippen MR) is 129 cm³/mol. The number of nitrogens with zero attached hydrogens (tertiary/aromatic N) is 3. The Bertz CT molecular complexity index is 1370. The smallest absolute Gasteiger partial charge is 0.316 e. The molecule has 3 heterocycles. The lowest BCUT2D eigenvalue weighted by Crippen LogP contribution is -2.56. The van der Waals surface area contributed by atoms with Crippen LogP contribution in [0, 0.1) is 34.5 Å². The number of nitriles is 1. The second kappa shape index (κ2) is 9.20. The van der Waals surface area contributed by atoms with Crippen molar-refractivity contribution in [2.24, 2.45) is 23.2 Å². The molecule has 5 rings (SSSR count). The van der Waals surface area contributed by atoms with E-state index in [0.717, 1.165) is 23.8 Å². The Kier molecular flexibility index (Phi) is 6.16. The standard InChI is InChI=1S/C28H25F2N3O4/c1-16-21(10-9-20-8-7-19(12-32-20)22-6-4-3-5-18(22)11-31)24-17(2)37-26(35)27(24,14-28(16,29)30)25(34)23-13-36-15-33-23/h3-10,12-13,15-17,21,24-25,34H,14H2,1-2H3/b10-9+/t16-,17+,21-,24-,25?,27+/m0/s1. The molecule has 3 aromatic rings. The summed E-state index contributed by atoms with van der Waals surface area (Å²) in [7, 11) is 0. The number of carbonyl (C=O) groups excluding carboxylic acids is 1. The van der Waals surface area contributed by atoms with Crippen molar-refractivity contribution in [2.75, 3.05) is 0 Å². The van der Waals surface area contributed by atoms with Crippen LogP contribution < -0.4 is 0 Å². The molecule has 1 aliphatic carbocycles. The summed E-state index contributed by atoms with van der Waals surface area (Å²) in [5.74, 6) is -6.75. The summed E-state index contributed by atoms with van der Waals surface area (Å²) in [6.45, 7) is 3.11. The van der Waals surface area contributed by atoms with Gasteiger partial charge in [-0.1, -0.05) is 37.3 Å². The van der Waals surface area contributed by atoms with Gasteiger partial charge in [-0.15, -0.1) is 0 Å². The van der Waals surface area contributed by atoms with Crippen molar-refractivity contribution in [3.8, 4) is 17.2 Å². The summed E-state index contributed by atoms with van der Waals surface area (Å²) in [6, 6.07) is 12.9. The highest BCUT2D eigenvalue weighted by Crippen LogP contribution is 2.63. The Morgan fingerprint density at radius 2 is 2.00 bits per heavy atom. The molecule has 1 unspecified atom stereocenters.